The predicted molar refractivity (Wildman–Crippen MR) is 84.8 cm³/mol. The molecule has 0 fully saturated rings. The van der Waals surface area contributed by atoms with Gasteiger partial charge in [-0.1, -0.05) is 11.6 Å². The van der Waals surface area contributed by atoms with Crippen LogP contribution in [0.2, 0.25) is 0 Å². The minimum atomic E-state index is -0.423. The highest BCUT2D eigenvalue weighted by atomic mass is 16.5. The first kappa shape index (κ1) is 15.9. The zero-order chi connectivity index (χ0) is 16.3. The first-order valence-electron chi connectivity index (χ1n) is 7.14. The van der Waals surface area contributed by atoms with Crippen LogP contribution in [0.4, 0.5) is 0 Å². The van der Waals surface area contributed by atoms with E-state index in [2.05, 4.69) is 4.98 Å². The van der Waals surface area contributed by atoms with Crippen molar-refractivity contribution >= 4 is 22.8 Å². The predicted octanol–water partition coefficient (Wildman–Crippen LogP) is 2.49. The van der Waals surface area contributed by atoms with Crippen LogP contribution in [0.1, 0.15) is 28.0 Å². The van der Waals surface area contributed by atoms with E-state index >= 15 is 0 Å². The number of pyridine rings is 1. The van der Waals surface area contributed by atoms with Gasteiger partial charge in [0.1, 0.15) is 6.61 Å². The van der Waals surface area contributed by atoms with Crippen molar-refractivity contribution in [2.75, 3.05) is 20.7 Å². The summed E-state index contributed by atoms with van der Waals surface area (Å²) in [5, 5.41) is 0.773. The van der Waals surface area contributed by atoms with Gasteiger partial charge in [-0.3, -0.25) is 9.78 Å². The summed E-state index contributed by atoms with van der Waals surface area (Å²) in [7, 11) is 3.35. The molecule has 0 saturated heterocycles. The summed E-state index contributed by atoms with van der Waals surface area (Å²) in [6.45, 7) is 3.88. The summed E-state index contributed by atoms with van der Waals surface area (Å²) in [5.74, 6) is -0.493. The van der Waals surface area contributed by atoms with Crippen LogP contribution in [0.3, 0.4) is 0 Å². The lowest BCUT2D eigenvalue weighted by Gasteiger charge is -2.11. The number of rotatable bonds is 4. The Bertz CT molecular complexity index is 723. The first-order chi connectivity index (χ1) is 10.4. The Balaban J connectivity index is 2.20. The van der Waals surface area contributed by atoms with Gasteiger partial charge in [-0.05, 0) is 32.0 Å². The summed E-state index contributed by atoms with van der Waals surface area (Å²) in [6.07, 6.45) is 0.180. The number of aromatic nitrogens is 1. The van der Waals surface area contributed by atoms with Gasteiger partial charge in [-0.25, -0.2) is 4.79 Å². The fourth-order valence-electron chi connectivity index (χ4n) is 2.17. The van der Waals surface area contributed by atoms with Gasteiger partial charge in [-0.2, -0.15) is 0 Å². The average Bonchev–Trinajstić information content (AvgIpc) is 2.46. The van der Waals surface area contributed by atoms with Gasteiger partial charge < -0.3 is 9.64 Å². The van der Waals surface area contributed by atoms with E-state index in [1.807, 2.05) is 32.0 Å². The molecule has 5 nitrogen and oxygen atoms in total. The molecule has 0 unspecified atom stereocenters. The van der Waals surface area contributed by atoms with Crippen LogP contribution in [0, 0.1) is 13.8 Å². The molecule has 0 radical (unpaired) electrons. The van der Waals surface area contributed by atoms with Gasteiger partial charge in [0.05, 0.1) is 17.5 Å². The van der Waals surface area contributed by atoms with Crippen LogP contribution in [0.5, 0.6) is 0 Å². The zero-order valence-corrected chi connectivity index (χ0v) is 13.3. The number of aryl methyl sites for hydroxylation is 2. The van der Waals surface area contributed by atoms with E-state index < -0.39 is 5.97 Å². The summed E-state index contributed by atoms with van der Waals surface area (Å²) >= 11 is 0. The standard InChI is InChI=1S/C17H20N2O3/c1-11-5-6-15-13(9-11)14(10-12(2)18-15)17(21)22-8-7-16(20)19(3)4/h5-6,9-10H,7-8H2,1-4H3. The van der Waals surface area contributed by atoms with Crippen molar-refractivity contribution in [1.29, 1.82) is 0 Å². The fourth-order valence-corrected chi connectivity index (χ4v) is 2.17. The number of ether oxygens (including phenoxy) is 1. The highest BCUT2D eigenvalue weighted by Gasteiger charge is 2.14. The first-order valence-corrected chi connectivity index (χ1v) is 7.14. The average molecular weight is 300 g/mol. The quantitative estimate of drug-likeness (QED) is 0.814. The van der Waals surface area contributed by atoms with Gasteiger partial charge in [0.2, 0.25) is 5.91 Å². The van der Waals surface area contributed by atoms with Crippen LogP contribution in [-0.4, -0.2) is 42.5 Å². The van der Waals surface area contributed by atoms with E-state index in [-0.39, 0.29) is 18.9 Å². The van der Waals surface area contributed by atoms with Crippen LogP contribution < -0.4 is 0 Å². The van der Waals surface area contributed by atoms with Gasteiger partial charge in [-0.15, -0.1) is 0 Å². The molecule has 0 saturated carbocycles. The lowest BCUT2D eigenvalue weighted by atomic mass is 10.1. The molecule has 0 aliphatic carbocycles. The molecule has 0 spiro atoms. The smallest absolute Gasteiger partial charge is 0.338 e. The minimum absolute atomic E-state index is 0.0700. The molecule has 1 heterocycles. The molecule has 0 N–H and O–H groups in total. The number of amides is 1. The topological polar surface area (TPSA) is 59.5 Å². The zero-order valence-electron chi connectivity index (χ0n) is 13.3. The third kappa shape index (κ3) is 3.61. The van der Waals surface area contributed by atoms with E-state index in [0.29, 0.717) is 5.56 Å². The van der Waals surface area contributed by atoms with Crippen molar-refractivity contribution in [3.63, 3.8) is 0 Å². The molecule has 5 heteroatoms. The Morgan fingerprint density at radius 3 is 2.59 bits per heavy atom. The Morgan fingerprint density at radius 2 is 1.91 bits per heavy atom. The Hall–Kier alpha value is -2.43. The maximum absolute atomic E-state index is 12.3. The number of fused-ring (bicyclic) bond motifs is 1. The molecule has 2 rings (SSSR count). The minimum Gasteiger partial charge on any atom is -0.462 e. The van der Waals surface area contributed by atoms with Crippen molar-refractivity contribution in [2.45, 2.75) is 20.3 Å². The fraction of sp³-hybridized carbons (Fsp3) is 0.353. The number of carbonyl (C=O) groups is 2. The highest BCUT2D eigenvalue weighted by molar-refractivity contribution is 6.03. The summed E-state index contributed by atoms with van der Waals surface area (Å²) < 4.78 is 5.24. The van der Waals surface area contributed by atoms with Crippen LogP contribution in [0.25, 0.3) is 10.9 Å². The largest absolute Gasteiger partial charge is 0.462 e. The van der Waals surface area contributed by atoms with Crippen molar-refractivity contribution in [2.24, 2.45) is 0 Å². The molecule has 22 heavy (non-hydrogen) atoms. The normalized spacial score (nSPS) is 10.5. The monoisotopic (exact) mass is 300 g/mol. The highest BCUT2D eigenvalue weighted by Crippen LogP contribution is 2.20. The molecule has 0 bridgehead atoms. The summed E-state index contributed by atoms with van der Waals surface area (Å²) in [4.78, 5) is 29.7. The molecule has 0 atom stereocenters. The SMILES string of the molecule is Cc1ccc2nc(C)cc(C(=O)OCCC(=O)N(C)C)c2c1. The molecule has 0 aliphatic rings. The number of carbonyl (C=O) groups excluding carboxylic acids is 2. The summed E-state index contributed by atoms with van der Waals surface area (Å²) in [5.41, 5.74) is 3.06. The van der Waals surface area contributed by atoms with Crippen LogP contribution in [-0.2, 0) is 9.53 Å². The second-order valence-corrected chi connectivity index (χ2v) is 5.51. The lowest BCUT2D eigenvalue weighted by molar-refractivity contribution is -0.129. The number of nitrogens with zero attached hydrogens (tertiary/aromatic N) is 2. The Kier molecular flexibility index (Phi) is 4.75. The molecule has 1 amide bonds. The lowest BCUT2D eigenvalue weighted by Crippen LogP contribution is -2.23. The van der Waals surface area contributed by atoms with E-state index in [4.69, 9.17) is 4.74 Å². The molecule has 2 aromatic rings. The van der Waals surface area contributed by atoms with Crippen molar-refractivity contribution in [3.05, 3.63) is 41.1 Å². The molecule has 0 aliphatic heterocycles. The number of esters is 1. The number of hydrogen-bond donors (Lipinski definition) is 0. The second-order valence-electron chi connectivity index (χ2n) is 5.51. The van der Waals surface area contributed by atoms with Crippen molar-refractivity contribution in [1.82, 2.24) is 9.88 Å². The van der Waals surface area contributed by atoms with Gasteiger partial charge in [0.15, 0.2) is 0 Å². The third-order valence-electron chi connectivity index (χ3n) is 3.36. The number of benzene rings is 1. The second kappa shape index (κ2) is 6.56. The van der Waals surface area contributed by atoms with E-state index in [1.54, 1.807) is 20.2 Å². The molecule has 116 valence electrons. The van der Waals surface area contributed by atoms with Crippen molar-refractivity contribution in [3.8, 4) is 0 Å². The third-order valence-corrected chi connectivity index (χ3v) is 3.36. The Morgan fingerprint density at radius 1 is 1.18 bits per heavy atom. The van der Waals surface area contributed by atoms with Crippen molar-refractivity contribution < 1.29 is 14.3 Å². The summed E-state index contributed by atoms with van der Waals surface area (Å²) in [6, 6.07) is 7.49. The Labute approximate surface area is 129 Å². The van der Waals surface area contributed by atoms with E-state index in [9.17, 15) is 9.59 Å². The molecule has 1 aromatic heterocycles. The molecule has 1 aromatic carbocycles. The van der Waals surface area contributed by atoms with Gasteiger partial charge >= 0.3 is 5.97 Å². The van der Waals surface area contributed by atoms with Crippen LogP contribution >= 0.6 is 0 Å². The van der Waals surface area contributed by atoms with Crippen LogP contribution in [0.15, 0.2) is 24.3 Å². The molecular formula is C17H20N2O3. The van der Waals surface area contributed by atoms with E-state index in [0.717, 1.165) is 22.2 Å². The van der Waals surface area contributed by atoms with E-state index in [1.165, 1.54) is 4.90 Å². The maximum Gasteiger partial charge on any atom is 0.338 e. The van der Waals surface area contributed by atoms with Gasteiger partial charge in [0, 0.05) is 25.2 Å². The van der Waals surface area contributed by atoms with Gasteiger partial charge in [0.25, 0.3) is 0 Å². The number of hydrogen-bond acceptors (Lipinski definition) is 4. The molecular weight excluding hydrogens is 280 g/mol. The maximum atomic E-state index is 12.3.